The van der Waals surface area contributed by atoms with Gasteiger partial charge in [0.1, 0.15) is 0 Å². The summed E-state index contributed by atoms with van der Waals surface area (Å²) in [4.78, 5) is 31.1. The normalized spacial score (nSPS) is 10.5. The molecule has 0 saturated carbocycles. The van der Waals surface area contributed by atoms with Gasteiger partial charge in [0.05, 0.1) is 16.7 Å². The second-order valence-electron chi connectivity index (χ2n) is 5.13. The molecule has 24 heavy (non-hydrogen) atoms. The highest BCUT2D eigenvalue weighted by atomic mass is 32.2. The average molecular weight is 343 g/mol. The van der Waals surface area contributed by atoms with Gasteiger partial charge in [0.25, 0.3) is 5.56 Å². The Morgan fingerprint density at radius 3 is 2.58 bits per heavy atom. The summed E-state index contributed by atoms with van der Waals surface area (Å²) in [6.45, 7) is 10.7. The predicted molar refractivity (Wildman–Crippen MR) is 99.4 cm³/mol. The zero-order valence-electron chi connectivity index (χ0n) is 13.8. The first-order chi connectivity index (χ1) is 11.6. The van der Waals surface area contributed by atoms with Gasteiger partial charge < -0.3 is 4.90 Å². The molecule has 1 heterocycles. The molecule has 1 aromatic heterocycles. The average Bonchev–Trinajstić information content (AvgIpc) is 2.59. The summed E-state index contributed by atoms with van der Waals surface area (Å²) in [6.07, 6.45) is 3.37. The van der Waals surface area contributed by atoms with Gasteiger partial charge in [0.15, 0.2) is 5.16 Å². The molecule has 6 heteroatoms. The SMILES string of the molecule is C=CCN(CC=C)C(=O)CSc1nc2ccccc2c(=O)n1CC. The van der Waals surface area contributed by atoms with Crippen molar-refractivity contribution in [1.29, 1.82) is 0 Å². The first kappa shape index (κ1) is 18.0. The Hall–Kier alpha value is -2.34. The number of amides is 1. The van der Waals surface area contributed by atoms with E-state index in [0.717, 1.165) is 0 Å². The molecule has 0 bridgehead atoms. The maximum atomic E-state index is 12.6. The van der Waals surface area contributed by atoms with Gasteiger partial charge in [-0.15, -0.1) is 13.2 Å². The van der Waals surface area contributed by atoms with E-state index in [-0.39, 0.29) is 17.2 Å². The summed E-state index contributed by atoms with van der Waals surface area (Å²) in [6, 6.07) is 7.25. The fraction of sp³-hybridized carbons (Fsp3) is 0.278. The lowest BCUT2D eigenvalue weighted by Gasteiger charge is -2.19. The van der Waals surface area contributed by atoms with Crippen molar-refractivity contribution in [1.82, 2.24) is 14.5 Å². The van der Waals surface area contributed by atoms with E-state index in [1.54, 1.807) is 27.7 Å². The summed E-state index contributed by atoms with van der Waals surface area (Å²) in [5, 5.41) is 1.15. The minimum Gasteiger partial charge on any atom is -0.335 e. The molecule has 1 aromatic carbocycles. The van der Waals surface area contributed by atoms with E-state index in [9.17, 15) is 9.59 Å². The number of hydrogen-bond donors (Lipinski definition) is 0. The minimum absolute atomic E-state index is 0.0372. The molecule has 0 atom stereocenters. The van der Waals surface area contributed by atoms with E-state index >= 15 is 0 Å². The quantitative estimate of drug-likeness (QED) is 0.420. The highest BCUT2D eigenvalue weighted by Gasteiger charge is 2.15. The van der Waals surface area contributed by atoms with Crippen molar-refractivity contribution in [3.8, 4) is 0 Å². The molecule has 0 saturated heterocycles. The number of hydrogen-bond acceptors (Lipinski definition) is 4. The van der Waals surface area contributed by atoms with Gasteiger partial charge in [-0.25, -0.2) is 4.98 Å². The molecule has 0 aliphatic carbocycles. The molecular weight excluding hydrogens is 322 g/mol. The minimum atomic E-state index is -0.0768. The standard InChI is InChI=1S/C18H21N3O2S/c1-4-11-20(12-5-2)16(22)13-24-18-19-15-10-8-7-9-14(15)17(23)21(18)6-3/h4-5,7-10H,1-2,6,11-13H2,3H3. The van der Waals surface area contributed by atoms with Crippen LogP contribution in [0, 0.1) is 0 Å². The molecule has 0 spiro atoms. The maximum absolute atomic E-state index is 12.6. The molecule has 0 unspecified atom stereocenters. The van der Waals surface area contributed by atoms with Gasteiger partial charge in [-0.05, 0) is 19.1 Å². The highest BCUT2D eigenvalue weighted by Crippen LogP contribution is 2.18. The van der Waals surface area contributed by atoms with Crippen LogP contribution in [0.25, 0.3) is 10.9 Å². The second-order valence-corrected chi connectivity index (χ2v) is 6.07. The van der Waals surface area contributed by atoms with Crippen molar-refractivity contribution in [2.24, 2.45) is 0 Å². The summed E-state index contributed by atoms with van der Waals surface area (Å²) in [5.41, 5.74) is 0.572. The molecule has 0 aliphatic heterocycles. The molecule has 1 amide bonds. The lowest BCUT2D eigenvalue weighted by atomic mass is 10.2. The molecule has 2 rings (SSSR count). The third-order valence-electron chi connectivity index (χ3n) is 3.52. The number of aromatic nitrogens is 2. The van der Waals surface area contributed by atoms with Crippen LogP contribution in [0.2, 0.25) is 0 Å². The fourth-order valence-electron chi connectivity index (χ4n) is 2.34. The Morgan fingerprint density at radius 2 is 1.96 bits per heavy atom. The van der Waals surface area contributed by atoms with Crippen molar-refractivity contribution in [2.45, 2.75) is 18.6 Å². The molecule has 0 N–H and O–H groups in total. The Kier molecular flexibility index (Phi) is 6.37. The van der Waals surface area contributed by atoms with Crippen LogP contribution < -0.4 is 5.56 Å². The monoisotopic (exact) mass is 343 g/mol. The third-order valence-corrected chi connectivity index (χ3v) is 4.48. The van der Waals surface area contributed by atoms with Crippen LogP contribution in [0.5, 0.6) is 0 Å². The zero-order valence-corrected chi connectivity index (χ0v) is 14.6. The van der Waals surface area contributed by atoms with Crippen LogP contribution in [0.4, 0.5) is 0 Å². The van der Waals surface area contributed by atoms with Crippen LogP contribution in [0.15, 0.2) is 59.5 Å². The van der Waals surface area contributed by atoms with Crippen molar-refractivity contribution in [2.75, 3.05) is 18.8 Å². The molecule has 0 fully saturated rings. The summed E-state index contributed by atoms with van der Waals surface area (Å²) in [5.74, 6) is 0.178. The number of carbonyl (C=O) groups is 1. The predicted octanol–water partition coefficient (Wildman–Crippen LogP) is 2.71. The number of nitrogens with zero attached hydrogens (tertiary/aromatic N) is 3. The number of fused-ring (bicyclic) bond motifs is 1. The first-order valence-electron chi connectivity index (χ1n) is 7.74. The van der Waals surface area contributed by atoms with Crippen molar-refractivity contribution in [3.05, 3.63) is 59.9 Å². The first-order valence-corrected chi connectivity index (χ1v) is 8.72. The molecule has 126 valence electrons. The van der Waals surface area contributed by atoms with Crippen LogP contribution >= 0.6 is 11.8 Å². The summed E-state index contributed by atoms with van der Waals surface area (Å²) >= 11 is 1.28. The Bertz CT molecular complexity index is 804. The maximum Gasteiger partial charge on any atom is 0.262 e. The second kappa shape index (κ2) is 8.49. The van der Waals surface area contributed by atoms with Gasteiger partial charge in [0.2, 0.25) is 5.91 Å². The van der Waals surface area contributed by atoms with Gasteiger partial charge in [-0.2, -0.15) is 0 Å². The number of rotatable bonds is 8. The fourth-order valence-corrected chi connectivity index (χ4v) is 3.31. The Balaban J connectivity index is 2.26. The summed E-state index contributed by atoms with van der Waals surface area (Å²) in [7, 11) is 0. The molecule has 0 aliphatic rings. The topological polar surface area (TPSA) is 55.2 Å². The van der Waals surface area contributed by atoms with Crippen molar-refractivity contribution < 1.29 is 4.79 Å². The Morgan fingerprint density at radius 1 is 1.29 bits per heavy atom. The van der Waals surface area contributed by atoms with Crippen LogP contribution in [0.3, 0.4) is 0 Å². The number of thioether (sulfide) groups is 1. The van der Waals surface area contributed by atoms with E-state index in [1.807, 2.05) is 25.1 Å². The molecule has 0 radical (unpaired) electrons. The number of carbonyl (C=O) groups excluding carboxylic acids is 1. The van der Waals surface area contributed by atoms with Crippen LogP contribution in [-0.2, 0) is 11.3 Å². The van der Waals surface area contributed by atoms with Crippen LogP contribution in [-0.4, -0.2) is 39.2 Å². The van der Waals surface area contributed by atoms with Crippen LogP contribution in [0.1, 0.15) is 6.92 Å². The van der Waals surface area contributed by atoms with Crippen molar-refractivity contribution >= 4 is 28.6 Å². The Labute approximate surface area is 145 Å². The smallest absolute Gasteiger partial charge is 0.262 e. The van der Waals surface area contributed by atoms with E-state index in [4.69, 9.17) is 0 Å². The van der Waals surface area contributed by atoms with E-state index < -0.39 is 0 Å². The van der Waals surface area contributed by atoms with Crippen molar-refractivity contribution in [3.63, 3.8) is 0 Å². The van der Waals surface area contributed by atoms with E-state index in [2.05, 4.69) is 18.1 Å². The van der Waals surface area contributed by atoms with Gasteiger partial charge in [0, 0.05) is 19.6 Å². The van der Waals surface area contributed by atoms with Gasteiger partial charge in [-0.3, -0.25) is 14.2 Å². The molecule has 2 aromatic rings. The summed E-state index contributed by atoms with van der Waals surface area (Å²) < 4.78 is 1.60. The zero-order chi connectivity index (χ0) is 17.5. The highest BCUT2D eigenvalue weighted by molar-refractivity contribution is 7.99. The third kappa shape index (κ3) is 3.94. The molecule has 5 nitrogen and oxygen atoms in total. The van der Waals surface area contributed by atoms with E-state index in [0.29, 0.717) is 35.7 Å². The largest absolute Gasteiger partial charge is 0.335 e. The number of benzene rings is 1. The van der Waals surface area contributed by atoms with Gasteiger partial charge in [-0.1, -0.05) is 36.0 Å². The lowest BCUT2D eigenvalue weighted by molar-refractivity contribution is -0.127. The molecular formula is C18H21N3O2S. The lowest BCUT2D eigenvalue weighted by Crippen LogP contribution is -2.33. The van der Waals surface area contributed by atoms with E-state index in [1.165, 1.54) is 11.8 Å². The van der Waals surface area contributed by atoms with Gasteiger partial charge >= 0.3 is 0 Å². The number of para-hydroxylation sites is 1.